The monoisotopic (exact) mass is 454 g/mol. The van der Waals surface area contributed by atoms with Gasteiger partial charge in [-0.25, -0.2) is 9.18 Å². The van der Waals surface area contributed by atoms with Gasteiger partial charge in [0.1, 0.15) is 12.4 Å². The molecule has 0 saturated heterocycles. The molecule has 4 rings (SSSR count). The highest BCUT2D eigenvalue weighted by molar-refractivity contribution is 9.10. The number of fused-ring (bicyclic) bond motifs is 2. The first-order chi connectivity index (χ1) is 13.2. The molecule has 0 atom stereocenters. The summed E-state index contributed by atoms with van der Waals surface area (Å²) in [4.78, 5) is 20.9. The van der Waals surface area contributed by atoms with Crippen LogP contribution in [-0.2, 0) is 13.1 Å². The molecule has 28 heavy (non-hydrogen) atoms. The van der Waals surface area contributed by atoms with E-state index in [0.29, 0.717) is 25.5 Å². The number of hydrogen-bond acceptors (Lipinski definition) is 3. The van der Waals surface area contributed by atoms with Gasteiger partial charge in [0.2, 0.25) is 0 Å². The van der Waals surface area contributed by atoms with E-state index in [0.717, 1.165) is 0 Å². The first-order valence-corrected chi connectivity index (χ1v) is 8.86. The lowest BCUT2D eigenvalue weighted by Crippen LogP contribution is -2.30. The van der Waals surface area contributed by atoms with Crippen molar-refractivity contribution in [2.24, 2.45) is 0 Å². The second-order valence-corrected chi connectivity index (χ2v) is 6.98. The van der Waals surface area contributed by atoms with Crippen LogP contribution in [0.3, 0.4) is 0 Å². The van der Waals surface area contributed by atoms with Crippen LogP contribution in [0.15, 0.2) is 52.1 Å². The first kappa shape index (κ1) is 18.6. The Labute approximate surface area is 163 Å². The molecule has 0 N–H and O–H groups in total. The summed E-state index contributed by atoms with van der Waals surface area (Å²) in [7, 11) is 0. The van der Waals surface area contributed by atoms with Gasteiger partial charge in [-0.2, -0.15) is 13.2 Å². The molecule has 0 radical (unpaired) electrons. The molecule has 0 aliphatic heterocycles. The van der Waals surface area contributed by atoms with E-state index in [4.69, 9.17) is 0 Å². The number of alkyl halides is 3. The molecule has 0 amide bonds. The number of rotatable bonds is 3. The summed E-state index contributed by atoms with van der Waals surface area (Å²) >= 11 is 3.41. The van der Waals surface area contributed by atoms with Gasteiger partial charge in [0, 0.05) is 22.3 Å². The molecular weight excluding hydrogens is 444 g/mol. The zero-order valence-corrected chi connectivity index (χ0v) is 15.6. The zero-order valence-electron chi connectivity index (χ0n) is 14.0. The van der Waals surface area contributed by atoms with Gasteiger partial charge in [-0.3, -0.25) is 19.1 Å². The highest BCUT2D eigenvalue weighted by atomic mass is 79.9. The molecule has 0 unspecified atom stereocenters. The second kappa shape index (κ2) is 6.69. The number of hydrogen-bond donors (Lipinski definition) is 0. The van der Waals surface area contributed by atoms with Gasteiger partial charge in [0.25, 0.3) is 0 Å². The van der Waals surface area contributed by atoms with E-state index in [1.807, 2.05) is 0 Å². The van der Waals surface area contributed by atoms with Crippen LogP contribution < -0.4 is 5.69 Å². The Kier molecular flexibility index (Phi) is 4.45. The van der Waals surface area contributed by atoms with Crippen molar-refractivity contribution in [2.75, 3.05) is 0 Å². The summed E-state index contributed by atoms with van der Waals surface area (Å²) in [6.45, 7) is -1.47. The molecule has 4 aromatic rings. The topological polar surface area (TPSA) is 52.7 Å². The molecular formula is C18H11BrF4N4O. The Morgan fingerprint density at radius 3 is 2.61 bits per heavy atom. The van der Waals surface area contributed by atoms with Gasteiger partial charge in [0.15, 0.2) is 0 Å². The Bertz CT molecular complexity index is 1260. The molecule has 144 valence electrons. The maximum Gasteiger partial charge on any atom is 0.406 e. The Hall–Kier alpha value is -2.75. The lowest BCUT2D eigenvalue weighted by Gasteiger charge is -2.09. The van der Waals surface area contributed by atoms with Crippen molar-refractivity contribution < 1.29 is 17.6 Å². The van der Waals surface area contributed by atoms with E-state index in [-0.39, 0.29) is 17.6 Å². The van der Waals surface area contributed by atoms with Crippen molar-refractivity contribution in [3.05, 3.63) is 69.3 Å². The standard InChI is InChI=1S/C18H11BrF4N4O/c19-16-12-2-1-11(20)5-10(12)6-25-13(16)8-26-15-7-24-4-3-14(15)27(17(26)28)9-18(21,22)23/h1-7H,8-9H2. The molecule has 0 bridgehead atoms. The molecule has 0 aliphatic carbocycles. The minimum Gasteiger partial charge on any atom is -0.284 e. The highest BCUT2D eigenvalue weighted by Crippen LogP contribution is 2.28. The van der Waals surface area contributed by atoms with Crippen LogP contribution in [0.4, 0.5) is 17.6 Å². The normalized spacial score (nSPS) is 12.2. The van der Waals surface area contributed by atoms with Crippen molar-refractivity contribution in [3.63, 3.8) is 0 Å². The molecule has 1 aromatic carbocycles. The smallest absolute Gasteiger partial charge is 0.284 e. The van der Waals surface area contributed by atoms with E-state index in [1.165, 1.54) is 41.4 Å². The minimum absolute atomic E-state index is 0.0697. The second-order valence-electron chi connectivity index (χ2n) is 6.18. The first-order valence-electron chi connectivity index (χ1n) is 8.07. The molecule has 0 spiro atoms. The van der Waals surface area contributed by atoms with E-state index < -0.39 is 24.2 Å². The zero-order chi connectivity index (χ0) is 20.1. The molecule has 5 nitrogen and oxygen atoms in total. The van der Waals surface area contributed by atoms with Crippen molar-refractivity contribution in [1.82, 2.24) is 19.1 Å². The summed E-state index contributed by atoms with van der Waals surface area (Å²) in [5.74, 6) is -0.411. The van der Waals surface area contributed by atoms with Crippen LogP contribution in [0.1, 0.15) is 5.69 Å². The van der Waals surface area contributed by atoms with E-state index in [2.05, 4.69) is 25.9 Å². The average molecular weight is 455 g/mol. The maximum absolute atomic E-state index is 13.4. The molecule has 0 aliphatic rings. The minimum atomic E-state index is -4.54. The fraction of sp³-hybridized carbons (Fsp3) is 0.167. The maximum atomic E-state index is 13.4. The van der Waals surface area contributed by atoms with E-state index in [1.54, 1.807) is 6.07 Å². The third-order valence-electron chi connectivity index (χ3n) is 4.33. The number of imidazole rings is 1. The number of halogens is 5. The van der Waals surface area contributed by atoms with Crippen LogP contribution in [0.25, 0.3) is 21.8 Å². The van der Waals surface area contributed by atoms with Gasteiger partial charge >= 0.3 is 11.9 Å². The van der Waals surface area contributed by atoms with E-state index >= 15 is 0 Å². The largest absolute Gasteiger partial charge is 0.406 e. The van der Waals surface area contributed by atoms with Gasteiger partial charge in [-0.1, -0.05) is 6.07 Å². The van der Waals surface area contributed by atoms with Crippen molar-refractivity contribution in [1.29, 1.82) is 0 Å². The quantitative estimate of drug-likeness (QED) is 0.434. The third-order valence-corrected chi connectivity index (χ3v) is 5.21. The number of nitrogens with zero attached hydrogens (tertiary/aromatic N) is 4. The summed E-state index contributed by atoms with van der Waals surface area (Å²) in [6.07, 6.45) is -0.416. The van der Waals surface area contributed by atoms with Gasteiger partial charge in [-0.05, 0) is 39.5 Å². The molecule has 10 heteroatoms. The van der Waals surface area contributed by atoms with Crippen molar-refractivity contribution in [3.8, 4) is 0 Å². The van der Waals surface area contributed by atoms with Crippen molar-refractivity contribution >= 4 is 37.7 Å². The number of aromatic nitrogens is 4. The van der Waals surface area contributed by atoms with Crippen LogP contribution in [0.5, 0.6) is 0 Å². The van der Waals surface area contributed by atoms with E-state index in [9.17, 15) is 22.4 Å². The van der Waals surface area contributed by atoms with Crippen LogP contribution in [0.2, 0.25) is 0 Å². The third kappa shape index (κ3) is 3.28. The number of benzene rings is 1. The van der Waals surface area contributed by atoms with Crippen LogP contribution in [0, 0.1) is 5.82 Å². The summed E-state index contributed by atoms with van der Waals surface area (Å²) in [6, 6.07) is 5.55. The average Bonchev–Trinajstić information content (AvgIpc) is 2.88. The lowest BCUT2D eigenvalue weighted by atomic mass is 10.1. The summed E-state index contributed by atoms with van der Waals surface area (Å²) < 4.78 is 54.6. The highest BCUT2D eigenvalue weighted by Gasteiger charge is 2.30. The Balaban J connectivity index is 1.86. The molecule has 3 aromatic heterocycles. The fourth-order valence-corrected chi connectivity index (χ4v) is 3.70. The number of pyridine rings is 2. The SMILES string of the molecule is O=c1n(Cc2ncc3cc(F)ccc3c2Br)c2cnccc2n1CC(F)(F)F. The Morgan fingerprint density at radius 1 is 1.07 bits per heavy atom. The molecule has 0 fully saturated rings. The Morgan fingerprint density at radius 2 is 1.86 bits per heavy atom. The van der Waals surface area contributed by atoms with Gasteiger partial charge < -0.3 is 0 Å². The van der Waals surface area contributed by atoms with Gasteiger partial charge in [-0.15, -0.1) is 0 Å². The summed E-state index contributed by atoms with van der Waals surface area (Å²) in [5, 5.41) is 1.24. The van der Waals surface area contributed by atoms with Crippen LogP contribution in [-0.4, -0.2) is 25.3 Å². The molecule has 3 heterocycles. The predicted octanol–water partition coefficient (Wildman–Crippen LogP) is 4.26. The lowest BCUT2D eigenvalue weighted by molar-refractivity contribution is -0.140. The van der Waals surface area contributed by atoms with Crippen molar-refractivity contribution in [2.45, 2.75) is 19.3 Å². The molecule has 0 saturated carbocycles. The predicted molar refractivity (Wildman–Crippen MR) is 98.6 cm³/mol. The van der Waals surface area contributed by atoms with Gasteiger partial charge in [0.05, 0.1) is 29.5 Å². The van der Waals surface area contributed by atoms with Crippen LogP contribution >= 0.6 is 15.9 Å². The summed E-state index contributed by atoms with van der Waals surface area (Å²) in [5.41, 5.74) is 0.0188. The fourth-order valence-electron chi connectivity index (χ4n) is 3.11.